The van der Waals surface area contributed by atoms with Crippen LogP contribution in [0.4, 0.5) is 11.4 Å². The van der Waals surface area contributed by atoms with Gasteiger partial charge in [-0.15, -0.1) is 0 Å². The lowest BCUT2D eigenvalue weighted by molar-refractivity contribution is 0.437. The first-order valence-electron chi connectivity index (χ1n) is 16.4. The lowest BCUT2D eigenvalue weighted by Crippen LogP contribution is -2.32. The molecule has 3 heteroatoms. The molecule has 0 saturated carbocycles. The first-order valence-corrected chi connectivity index (χ1v) is 16.4. The van der Waals surface area contributed by atoms with E-state index < -0.39 is 5.41 Å². The fourth-order valence-corrected chi connectivity index (χ4v) is 8.40. The number of benzene rings is 8. The normalized spacial score (nSPS) is 13.8. The summed E-state index contributed by atoms with van der Waals surface area (Å²) >= 11 is 0. The van der Waals surface area contributed by atoms with Crippen LogP contribution < -0.4 is 10.1 Å². The predicted molar refractivity (Wildman–Crippen MR) is 196 cm³/mol. The summed E-state index contributed by atoms with van der Waals surface area (Å²) in [6.45, 7) is 0. The van der Waals surface area contributed by atoms with Crippen LogP contribution in [-0.4, -0.2) is 0 Å². The molecule has 2 heterocycles. The highest BCUT2D eigenvalue weighted by atomic mass is 16.5. The van der Waals surface area contributed by atoms with Crippen molar-refractivity contribution >= 4 is 54.9 Å². The maximum absolute atomic E-state index is 6.81. The van der Waals surface area contributed by atoms with Crippen molar-refractivity contribution in [2.45, 2.75) is 5.41 Å². The van der Waals surface area contributed by atoms with Crippen molar-refractivity contribution in [3.8, 4) is 22.6 Å². The van der Waals surface area contributed by atoms with Crippen LogP contribution in [0.3, 0.4) is 0 Å². The van der Waals surface area contributed by atoms with Gasteiger partial charge >= 0.3 is 0 Å². The second-order valence-corrected chi connectivity index (χ2v) is 13.0. The minimum Gasteiger partial charge on any atom is -0.457 e. The van der Waals surface area contributed by atoms with Crippen molar-refractivity contribution in [2.24, 2.45) is 0 Å². The lowest BCUT2D eigenvalue weighted by atomic mass is 9.65. The van der Waals surface area contributed by atoms with E-state index >= 15 is 0 Å². The van der Waals surface area contributed by atoms with Crippen LogP contribution in [0.5, 0.6) is 11.5 Å². The summed E-state index contributed by atoms with van der Waals surface area (Å²) in [7, 11) is 0. The Labute approximate surface area is 276 Å². The third kappa shape index (κ3) is 3.37. The average molecular weight is 614 g/mol. The number of nitrogens with one attached hydrogen (secondary N) is 1. The molecule has 1 aromatic heterocycles. The van der Waals surface area contributed by atoms with E-state index in [9.17, 15) is 0 Å². The molecule has 0 amide bonds. The van der Waals surface area contributed by atoms with Crippen LogP contribution in [0.1, 0.15) is 22.3 Å². The lowest BCUT2D eigenvalue weighted by Gasteiger charge is -2.40. The number of para-hydroxylation sites is 1. The molecule has 0 fully saturated rings. The summed E-state index contributed by atoms with van der Waals surface area (Å²) in [5, 5.41) is 10.7. The Morgan fingerprint density at radius 1 is 0.438 bits per heavy atom. The van der Waals surface area contributed by atoms with E-state index in [1.165, 1.54) is 43.8 Å². The van der Waals surface area contributed by atoms with Crippen molar-refractivity contribution in [3.05, 3.63) is 180 Å². The topological polar surface area (TPSA) is 34.4 Å². The summed E-state index contributed by atoms with van der Waals surface area (Å²) in [6.07, 6.45) is 0. The molecule has 1 aliphatic heterocycles. The number of rotatable bonds is 2. The van der Waals surface area contributed by atoms with Crippen molar-refractivity contribution in [1.29, 1.82) is 0 Å². The number of furan rings is 1. The fourth-order valence-electron chi connectivity index (χ4n) is 8.40. The quantitative estimate of drug-likeness (QED) is 0.211. The van der Waals surface area contributed by atoms with E-state index in [1.807, 2.05) is 0 Å². The van der Waals surface area contributed by atoms with E-state index in [4.69, 9.17) is 9.15 Å². The molecule has 0 radical (unpaired) electrons. The van der Waals surface area contributed by atoms with E-state index in [-0.39, 0.29) is 0 Å². The van der Waals surface area contributed by atoms with Gasteiger partial charge in [0.2, 0.25) is 0 Å². The molecular formula is C45H27NO2. The standard InChI is InChI=1S/C45H27NO2/c1-3-12-29-24-42-35(22-27(29)10-1)34-16-9-19-40(44(34)48-42)46-31-20-21-41-39(26-31)45(38-23-28-11-2-4-13-30(28)25-43(38)47-41)36-17-7-5-14-32(36)33-15-6-8-18-37(33)45/h1-26,46H. The van der Waals surface area contributed by atoms with Gasteiger partial charge in [-0.25, -0.2) is 0 Å². The van der Waals surface area contributed by atoms with Gasteiger partial charge in [-0.2, -0.15) is 0 Å². The Kier molecular flexibility index (Phi) is 5.04. The summed E-state index contributed by atoms with van der Waals surface area (Å²) in [6, 6.07) is 56.5. The molecule has 0 atom stereocenters. The maximum atomic E-state index is 6.81. The first kappa shape index (κ1) is 25.8. The van der Waals surface area contributed by atoms with Gasteiger partial charge in [-0.05, 0) is 92.3 Å². The minimum atomic E-state index is -0.552. The molecule has 1 aliphatic carbocycles. The maximum Gasteiger partial charge on any atom is 0.158 e. The minimum absolute atomic E-state index is 0.552. The van der Waals surface area contributed by atoms with Gasteiger partial charge in [0.25, 0.3) is 0 Å². The SMILES string of the molecule is c1ccc2c(c1)-c1ccccc1C21c2cc(Nc3cccc4c3oc3cc5ccccc5cc34)ccc2Oc2cc3ccccc3cc21. The monoisotopic (exact) mass is 613 g/mol. The van der Waals surface area contributed by atoms with Gasteiger partial charge < -0.3 is 14.5 Å². The Bertz CT molecular complexity index is 2760. The molecule has 0 bridgehead atoms. The van der Waals surface area contributed by atoms with E-state index in [1.54, 1.807) is 0 Å². The number of ether oxygens (including phenoxy) is 1. The third-order valence-corrected chi connectivity index (χ3v) is 10.5. The highest BCUT2D eigenvalue weighted by molar-refractivity contribution is 6.13. The first-order chi connectivity index (χ1) is 23.8. The van der Waals surface area contributed by atoms with Crippen molar-refractivity contribution < 1.29 is 9.15 Å². The van der Waals surface area contributed by atoms with Gasteiger partial charge in [0.05, 0.1) is 11.1 Å². The highest BCUT2D eigenvalue weighted by Crippen LogP contribution is 2.62. The Morgan fingerprint density at radius 3 is 1.81 bits per heavy atom. The van der Waals surface area contributed by atoms with Gasteiger partial charge in [-0.3, -0.25) is 0 Å². The number of hydrogen-bond acceptors (Lipinski definition) is 3. The van der Waals surface area contributed by atoms with Crippen molar-refractivity contribution in [2.75, 3.05) is 5.32 Å². The Balaban J connectivity index is 1.14. The fraction of sp³-hybridized carbons (Fsp3) is 0.0222. The molecular weight excluding hydrogens is 587 g/mol. The second kappa shape index (κ2) is 9.37. The molecule has 11 rings (SSSR count). The molecule has 2 aliphatic rings. The zero-order valence-corrected chi connectivity index (χ0v) is 25.8. The highest BCUT2D eigenvalue weighted by Gasteiger charge is 2.51. The Hall–Kier alpha value is -6.32. The molecule has 48 heavy (non-hydrogen) atoms. The molecule has 3 nitrogen and oxygen atoms in total. The molecule has 0 unspecified atom stereocenters. The van der Waals surface area contributed by atoms with Crippen LogP contribution in [-0.2, 0) is 5.41 Å². The van der Waals surface area contributed by atoms with E-state index in [0.717, 1.165) is 55.9 Å². The summed E-state index contributed by atoms with van der Waals surface area (Å²) in [4.78, 5) is 0. The number of anilines is 2. The molecule has 1 spiro atoms. The van der Waals surface area contributed by atoms with Crippen LogP contribution in [0.15, 0.2) is 162 Å². The molecule has 0 saturated heterocycles. The Morgan fingerprint density at radius 2 is 1.06 bits per heavy atom. The number of fused-ring (bicyclic) bond motifs is 14. The average Bonchev–Trinajstić information content (AvgIpc) is 3.64. The third-order valence-electron chi connectivity index (χ3n) is 10.5. The van der Waals surface area contributed by atoms with Crippen LogP contribution in [0.2, 0.25) is 0 Å². The predicted octanol–water partition coefficient (Wildman–Crippen LogP) is 12.1. The zero-order valence-electron chi connectivity index (χ0n) is 25.8. The molecule has 1 N–H and O–H groups in total. The molecule has 9 aromatic rings. The van der Waals surface area contributed by atoms with Crippen molar-refractivity contribution in [3.63, 3.8) is 0 Å². The summed E-state index contributed by atoms with van der Waals surface area (Å²) < 4.78 is 13.4. The molecule has 224 valence electrons. The van der Waals surface area contributed by atoms with Crippen LogP contribution in [0, 0.1) is 0 Å². The van der Waals surface area contributed by atoms with E-state index in [0.29, 0.717) is 0 Å². The van der Waals surface area contributed by atoms with Gasteiger partial charge in [0, 0.05) is 27.6 Å². The van der Waals surface area contributed by atoms with Gasteiger partial charge in [0.15, 0.2) is 5.58 Å². The molecule has 8 aromatic carbocycles. The van der Waals surface area contributed by atoms with Gasteiger partial charge in [-0.1, -0.05) is 109 Å². The van der Waals surface area contributed by atoms with Crippen LogP contribution in [0.25, 0.3) is 54.6 Å². The van der Waals surface area contributed by atoms with E-state index in [2.05, 4.69) is 163 Å². The number of hydrogen-bond donors (Lipinski definition) is 1. The second-order valence-electron chi connectivity index (χ2n) is 13.0. The van der Waals surface area contributed by atoms with Crippen LogP contribution >= 0.6 is 0 Å². The van der Waals surface area contributed by atoms with Crippen molar-refractivity contribution in [1.82, 2.24) is 0 Å². The largest absolute Gasteiger partial charge is 0.457 e. The van der Waals surface area contributed by atoms with Gasteiger partial charge in [0.1, 0.15) is 17.1 Å². The summed E-state index contributed by atoms with van der Waals surface area (Å²) in [5.41, 5.74) is 10.4. The summed E-state index contributed by atoms with van der Waals surface area (Å²) in [5.74, 6) is 1.76. The zero-order chi connectivity index (χ0) is 31.4. The smallest absolute Gasteiger partial charge is 0.158 e.